The zero-order valence-corrected chi connectivity index (χ0v) is 12.7. The molecular formula is C16H24N2O2. The lowest BCUT2D eigenvalue weighted by atomic mass is 10.0. The van der Waals surface area contributed by atoms with Gasteiger partial charge < -0.3 is 10.1 Å². The quantitative estimate of drug-likeness (QED) is 0.868. The Labute approximate surface area is 120 Å². The van der Waals surface area contributed by atoms with Crippen LogP contribution in [-0.2, 0) is 4.79 Å². The molecule has 4 heteroatoms. The van der Waals surface area contributed by atoms with Crippen LogP contribution in [0.5, 0.6) is 5.75 Å². The van der Waals surface area contributed by atoms with E-state index >= 15 is 0 Å². The summed E-state index contributed by atoms with van der Waals surface area (Å²) in [4.78, 5) is 12.2. The van der Waals surface area contributed by atoms with Crippen LogP contribution in [-0.4, -0.2) is 24.1 Å². The van der Waals surface area contributed by atoms with Gasteiger partial charge in [-0.3, -0.25) is 10.1 Å². The molecular weight excluding hydrogens is 252 g/mol. The summed E-state index contributed by atoms with van der Waals surface area (Å²) in [5.74, 6) is 0.938. The van der Waals surface area contributed by atoms with E-state index in [2.05, 4.69) is 17.6 Å². The minimum atomic E-state index is -0.249. The van der Waals surface area contributed by atoms with Crippen molar-refractivity contribution in [3.05, 3.63) is 29.8 Å². The first-order valence-corrected chi connectivity index (χ1v) is 7.23. The molecule has 0 saturated carbocycles. The van der Waals surface area contributed by atoms with Crippen LogP contribution in [0.2, 0.25) is 0 Å². The van der Waals surface area contributed by atoms with Gasteiger partial charge in [-0.05, 0) is 33.3 Å². The highest BCUT2D eigenvalue weighted by molar-refractivity contribution is 5.82. The van der Waals surface area contributed by atoms with Crippen molar-refractivity contribution in [3.8, 4) is 5.75 Å². The molecule has 0 saturated heterocycles. The Balaban J connectivity index is 1.96. The molecule has 0 aliphatic carbocycles. The van der Waals surface area contributed by atoms with Crippen molar-refractivity contribution in [2.75, 3.05) is 6.61 Å². The molecule has 2 rings (SSSR count). The second-order valence-electron chi connectivity index (χ2n) is 6.02. The lowest BCUT2D eigenvalue weighted by molar-refractivity contribution is -0.124. The fraction of sp³-hybridized carbons (Fsp3) is 0.562. The summed E-state index contributed by atoms with van der Waals surface area (Å²) < 4.78 is 5.62. The summed E-state index contributed by atoms with van der Waals surface area (Å²) >= 11 is 0. The highest BCUT2D eigenvalue weighted by atomic mass is 16.5. The van der Waals surface area contributed by atoms with E-state index in [1.54, 1.807) is 0 Å². The van der Waals surface area contributed by atoms with Gasteiger partial charge >= 0.3 is 0 Å². The van der Waals surface area contributed by atoms with Crippen molar-refractivity contribution in [2.45, 2.75) is 51.7 Å². The number of carbonyl (C=O) groups is 1. The van der Waals surface area contributed by atoms with Gasteiger partial charge in [0.1, 0.15) is 12.4 Å². The molecule has 1 heterocycles. The molecule has 0 spiro atoms. The van der Waals surface area contributed by atoms with Crippen LogP contribution in [0, 0.1) is 0 Å². The predicted octanol–water partition coefficient (Wildman–Crippen LogP) is 2.40. The number of fused-ring (bicyclic) bond motifs is 1. The Bertz CT molecular complexity index is 485. The fourth-order valence-corrected chi connectivity index (χ4v) is 2.21. The standard InChI is InChI=1S/C16H24N2O2/c1-5-16(3,4)18-15(19)11(2)17-13-10-20-14-9-7-6-8-12(13)14/h6-9,11,13,17H,5,10H2,1-4H3,(H,18,19). The van der Waals surface area contributed by atoms with Crippen LogP contribution in [0.4, 0.5) is 0 Å². The summed E-state index contributed by atoms with van der Waals surface area (Å²) in [5, 5.41) is 6.41. The SMILES string of the molecule is CCC(C)(C)NC(=O)C(C)NC1COc2ccccc21. The van der Waals surface area contributed by atoms with Crippen LogP contribution in [0.15, 0.2) is 24.3 Å². The third-order valence-corrected chi connectivity index (χ3v) is 3.89. The number of amides is 1. The van der Waals surface area contributed by atoms with Gasteiger partial charge in [-0.2, -0.15) is 0 Å². The van der Waals surface area contributed by atoms with Crippen molar-refractivity contribution in [1.29, 1.82) is 0 Å². The molecule has 1 aromatic carbocycles. The maximum absolute atomic E-state index is 12.2. The summed E-state index contributed by atoms with van der Waals surface area (Å²) in [7, 11) is 0. The molecule has 2 N–H and O–H groups in total. The number of hydrogen-bond acceptors (Lipinski definition) is 3. The predicted molar refractivity (Wildman–Crippen MR) is 79.8 cm³/mol. The number of rotatable bonds is 5. The average molecular weight is 276 g/mol. The van der Waals surface area contributed by atoms with Crippen molar-refractivity contribution in [3.63, 3.8) is 0 Å². The van der Waals surface area contributed by atoms with E-state index in [9.17, 15) is 4.79 Å². The largest absolute Gasteiger partial charge is 0.491 e. The van der Waals surface area contributed by atoms with E-state index in [0.29, 0.717) is 6.61 Å². The molecule has 2 unspecified atom stereocenters. The molecule has 1 aromatic rings. The second-order valence-corrected chi connectivity index (χ2v) is 6.02. The Morgan fingerprint density at radius 1 is 1.45 bits per heavy atom. The topological polar surface area (TPSA) is 50.4 Å². The van der Waals surface area contributed by atoms with E-state index in [1.807, 2.05) is 45.0 Å². The second kappa shape index (κ2) is 5.83. The highest BCUT2D eigenvalue weighted by Crippen LogP contribution is 2.31. The monoisotopic (exact) mass is 276 g/mol. The van der Waals surface area contributed by atoms with Crippen LogP contribution < -0.4 is 15.4 Å². The van der Waals surface area contributed by atoms with Gasteiger partial charge in [0.25, 0.3) is 0 Å². The summed E-state index contributed by atoms with van der Waals surface area (Å²) in [6.07, 6.45) is 0.904. The van der Waals surface area contributed by atoms with E-state index in [-0.39, 0.29) is 23.5 Å². The van der Waals surface area contributed by atoms with Crippen LogP contribution in [0.3, 0.4) is 0 Å². The molecule has 0 bridgehead atoms. The first kappa shape index (κ1) is 14.9. The lowest BCUT2D eigenvalue weighted by Crippen LogP contribution is -2.51. The molecule has 20 heavy (non-hydrogen) atoms. The van der Waals surface area contributed by atoms with Gasteiger partial charge in [0.2, 0.25) is 5.91 Å². The van der Waals surface area contributed by atoms with E-state index < -0.39 is 0 Å². The number of nitrogens with one attached hydrogen (secondary N) is 2. The minimum Gasteiger partial charge on any atom is -0.491 e. The van der Waals surface area contributed by atoms with Gasteiger partial charge in [-0.15, -0.1) is 0 Å². The van der Waals surface area contributed by atoms with Crippen molar-refractivity contribution in [1.82, 2.24) is 10.6 Å². The van der Waals surface area contributed by atoms with Crippen LogP contribution in [0.25, 0.3) is 0 Å². The van der Waals surface area contributed by atoms with E-state index in [0.717, 1.165) is 17.7 Å². The van der Waals surface area contributed by atoms with E-state index in [1.165, 1.54) is 0 Å². The van der Waals surface area contributed by atoms with E-state index in [4.69, 9.17) is 4.74 Å². The summed E-state index contributed by atoms with van der Waals surface area (Å²) in [5.41, 5.74) is 0.957. The van der Waals surface area contributed by atoms with Gasteiger partial charge in [0.05, 0.1) is 12.1 Å². The maximum atomic E-state index is 12.2. The number of benzene rings is 1. The van der Waals surface area contributed by atoms with Crippen molar-refractivity contribution in [2.24, 2.45) is 0 Å². The summed E-state index contributed by atoms with van der Waals surface area (Å²) in [6, 6.07) is 7.79. The number of hydrogen-bond donors (Lipinski definition) is 2. The Morgan fingerprint density at radius 2 is 2.15 bits per heavy atom. The van der Waals surface area contributed by atoms with Crippen molar-refractivity contribution >= 4 is 5.91 Å². The zero-order chi connectivity index (χ0) is 14.8. The number of para-hydroxylation sites is 1. The third kappa shape index (κ3) is 3.31. The molecule has 2 atom stereocenters. The molecule has 1 aliphatic rings. The van der Waals surface area contributed by atoms with Crippen LogP contribution >= 0.6 is 0 Å². The molecule has 1 amide bonds. The maximum Gasteiger partial charge on any atom is 0.237 e. The molecule has 4 nitrogen and oxygen atoms in total. The average Bonchev–Trinajstić information content (AvgIpc) is 2.82. The van der Waals surface area contributed by atoms with Gasteiger partial charge in [-0.1, -0.05) is 25.1 Å². The first-order valence-electron chi connectivity index (χ1n) is 7.23. The Hall–Kier alpha value is -1.55. The lowest BCUT2D eigenvalue weighted by Gasteiger charge is -2.27. The molecule has 0 aromatic heterocycles. The van der Waals surface area contributed by atoms with Crippen LogP contribution in [0.1, 0.15) is 45.7 Å². The third-order valence-electron chi connectivity index (χ3n) is 3.89. The normalized spacial score (nSPS) is 19.1. The van der Waals surface area contributed by atoms with Crippen molar-refractivity contribution < 1.29 is 9.53 Å². The first-order chi connectivity index (χ1) is 9.43. The number of ether oxygens (including phenoxy) is 1. The fourth-order valence-electron chi connectivity index (χ4n) is 2.21. The molecule has 0 fully saturated rings. The van der Waals surface area contributed by atoms with Gasteiger partial charge in [-0.25, -0.2) is 0 Å². The Kier molecular flexibility index (Phi) is 4.33. The molecule has 0 radical (unpaired) electrons. The highest BCUT2D eigenvalue weighted by Gasteiger charge is 2.28. The Morgan fingerprint density at radius 3 is 2.85 bits per heavy atom. The zero-order valence-electron chi connectivity index (χ0n) is 12.7. The smallest absolute Gasteiger partial charge is 0.237 e. The molecule has 1 aliphatic heterocycles. The van der Waals surface area contributed by atoms with Gasteiger partial charge in [0.15, 0.2) is 0 Å². The number of carbonyl (C=O) groups excluding carboxylic acids is 1. The molecule has 110 valence electrons. The minimum absolute atomic E-state index is 0.0289. The van der Waals surface area contributed by atoms with Gasteiger partial charge in [0, 0.05) is 11.1 Å². The summed E-state index contributed by atoms with van der Waals surface area (Å²) in [6.45, 7) is 8.60.